The van der Waals surface area contributed by atoms with Crippen LogP contribution in [0.2, 0.25) is 0 Å². The predicted molar refractivity (Wildman–Crippen MR) is 78.1 cm³/mol. The molecule has 1 N–H and O–H groups in total. The molecule has 0 spiro atoms. The van der Waals surface area contributed by atoms with E-state index in [1.807, 2.05) is 12.1 Å². The molecule has 2 aliphatic rings. The Morgan fingerprint density at radius 2 is 2.05 bits per heavy atom. The molecule has 6 heteroatoms. The molecule has 0 amide bonds. The lowest BCUT2D eigenvalue weighted by molar-refractivity contribution is -0.0835. The van der Waals surface area contributed by atoms with Gasteiger partial charge in [0.2, 0.25) is 0 Å². The summed E-state index contributed by atoms with van der Waals surface area (Å²) in [6, 6.07) is 4.48. The second-order valence-corrected chi connectivity index (χ2v) is 4.68. The van der Waals surface area contributed by atoms with Crippen LogP contribution in [-0.2, 0) is 16.1 Å². The number of morpholine rings is 1. The minimum Gasteiger partial charge on any atom is -0.373 e. The normalized spacial score (nSPS) is 28.9. The van der Waals surface area contributed by atoms with Gasteiger partial charge in [-0.3, -0.25) is 4.98 Å². The van der Waals surface area contributed by atoms with Gasteiger partial charge >= 0.3 is 0 Å². The smallest absolute Gasteiger partial charge is 0.0989 e. The molecule has 4 nitrogen and oxygen atoms in total. The van der Waals surface area contributed by atoms with Crippen molar-refractivity contribution < 1.29 is 9.47 Å². The fourth-order valence-electron chi connectivity index (χ4n) is 2.67. The zero-order valence-corrected chi connectivity index (χ0v) is 12.3. The molecule has 3 rings (SSSR count). The van der Waals surface area contributed by atoms with Crippen molar-refractivity contribution in [2.75, 3.05) is 13.2 Å². The summed E-state index contributed by atoms with van der Waals surface area (Å²) in [7, 11) is 0. The Labute approximate surface area is 126 Å². The molecule has 3 atom stereocenters. The fourth-order valence-corrected chi connectivity index (χ4v) is 2.67. The molecule has 1 aliphatic carbocycles. The van der Waals surface area contributed by atoms with E-state index in [0.29, 0.717) is 12.6 Å². The first-order valence-corrected chi connectivity index (χ1v) is 6.29. The Morgan fingerprint density at radius 1 is 1.26 bits per heavy atom. The number of hydrogen-bond acceptors (Lipinski definition) is 4. The summed E-state index contributed by atoms with van der Waals surface area (Å²) < 4.78 is 11.8. The molecule has 0 unspecified atom stereocenters. The summed E-state index contributed by atoms with van der Waals surface area (Å²) in [5.41, 5.74) is 1.17. The van der Waals surface area contributed by atoms with Crippen molar-refractivity contribution in [2.24, 2.45) is 0 Å². The number of aromatic nitrogens is 1. The molecule has 1 saturated carbocycles. The van der Waals surface area contributed by atoms with E-state index in [1.54, 1.807) is 12.4 Å². The lowest BCUT2D eigenvalue weighted by Gasteiger charge is -2.30. The minimum absolute atomic E-state index is 0. The molecule has 2 fully saturated rings. The number of rotatable bonds is 3. The van der Waals surface area contributed by atoms with E-state index < -0.39 is 0 Å². The van der Waals surface area contributed by atoms with Gasteiger partial charge in [-0.05, 0) is 30.5 Å². The third-order valence-electron chi connectivity index (χ3n) is 3.56. The molecule has 1 aromatic heterocycles. The number of nitrogens with zero attached hydrogens (tertiary/aromatic N) is 1. The van der Waals surface area contributed by atoms with E-state index >= 15 is 0 Å². The van der Waals surface area contributed by atoms with Gasteiger partial charge in [0.15, 0.2) is 0 Å². The van der Waals surface area contributed by atoms with Crippen LogP contribution in [0.25, 0.3) is 0 Å². The summed E-state index contributed by atoms with van der Waals surface area (Å²) in [5.74, 6) is 0. The van der Waals surface area contributed by atoms with Gasteiger partial charge in [-0.1, -0.05) is 0 Å². The number of fused-ring (bicyclic) bond motifs is 1. The standard InChI is InChI=1S/C13H18N2O2.2ClH/c1-2-12(13-11(1)15-7-8-16-13)17-9-10-3-5-14-6-4-10;;/h3-6,11-13,15H,1-2,7-9H2;2*1H/t11-,12+,13+;;/m0../s1. The van der Waals surface area contributed by atoms with E-state index in [0.717, 1.165) is 26.0 Å². The third kappa shape index (κ3) is 4.04. The molecule has 0 bridgehead atoms. The zero-order chi connectivity index (χ0) is 11.5. The Bertz CT molecular complexity index is 367. The Balaban J connectivity index is 0.000000902. The quantitative estimate of drug-likeness (QED) is 0.927. The Hall–Kier alpha value is -0.390. The average Bonchev–Trinajstić information content (AvgIpc) is 2.81. The maximum absolute atomic E-state index is 5.97. The van der Waals surface area contributed by atoms with E-state index in [1.165, 1.54) is 5.56 Å². The van der Waals surface area contributed by atoms with E-state index in [9.17, 15) is 0 Å². The highest BCUT2D eigenvalue weighted by Crippen LogP contribution is 2.28. The van der Waals surface area contributed by atoms with Crippen LogP contribution in [-0.4, -0.2) is 36.4 Å². The second-order valence-electron chi connectivity index (χ2n) is 4.68. The third-order valence-corrected chi connectivity index (χ3v) is 3.56. The highest BCUT2D eigenvalue weighted by atomic mass is 35.5. The average molecular weight is 307 g/mol. The van der Waals surface area contributed by atoms with Gasteiger partial charge in [-0.25, -0.2) is 0 Å². The molecule has 1 saturated heterocycles. The first-order chi connectivity index (χ1) is 8.43. The van der Waals surface area contributed by atoms with Crippen LogP contribution in [0.1, 0.15) is 18.4 Å². The van der Waals surface area contributed by atoms with Crippen molar-refractivity contribution in [1.82, 2.24) is 10.3 Å². The number of pyridine rings is 1. The van der Waals surface area contributed by atoms with Gasteiger partial charge in [-0.2, -0.15) is 0 Å². The lowest BCUT2D eigenvalue weighted by atomic mass is 10.1. The van der Waals surface area contributed by atoms with Crippen molar-refractivity contribution in [3.63, 3.8) is 0 Å². The first kappa shape index (κ1) is 16.7. The minimum atomic E-state index is 0. The zero-order valence-electron chi connectivity index (χ0n) is 10.7. The van der Waals surface area contributed by atoms with Crippen LogP contribution in [0, 0.1) is 0 Å². The van der Waals surface area contributed by atoms with E-state index in [2.05, 4.69) is 10.3 Å². The largest absolute Gasteiger partial charge is 0.373 e. The monoisotopic (exact) mass is 306 g/mol. The van der Waals surface area contributed by atoms with Gasteiger partial charge in [0, 0.05) is 25.0 Å². The molecule has 1 aromatic rings. The van der Waals surface area contributed by atoms with Gasteiger partial charge < -0.3 is 14.8 Å². The van der Waals surface area contributed by atoms with E-state index in [4.69, 9.17) is 9.47 Å². The SMILES string of the molecule is Cl.Cl.c1cc(CO[C@@H]2CC[C@@H]3NCCO[C@H]32)ccn1. The van der Waals surface area contributed by atoms with Crippen LogP contribution in [0.15, 0.2) is 24.5 Å². The summed E-state index contributed by atoms with van der Waals surface area (Å²) >= 11 is 0. The number of nitrogens with one attached hydrogen (secondary N) is 1. The molecular formula is C13H20Cl2N2O2. The molecule has 19 heavy (non-hydrogen) atoms. The van der Waals surface area contributed by atoms with Crippen LogP contribution >= 0.6 is 24.8 Å². The maximum Gasteiger partial charge on any atom is 0.0989 e. The van der Waals surface area contributed by atoms with Gasteiger partial charge in [0.1, 0.15) is 0 Å². The predicted octanol–water partition coefficient (Wildman–Crippen LogP) is 1.96. The highest BCUT2D eigenvalue weighted by Gasteiger charge is 2.39. The van der Waals surface area contributed by atoms with Gasteiger partial charge in [-0.15, -0.1) is 24.8 Å². The lowest BCUT2D eigenvalue weighted by Crippen LogP contribution is -2.48. The maximum atomic E-state index is 5.97. The van der Waals surface area contributed by atoms with Crippen molar-refractivity contribution in [3.8, 4) is 0 Å². The topological polar surface area (TPSA) is 43.4 Å². The highest BCUT2D eigenvalue weighted by molar-refractivity contribution is 5.85. The molecular weight excluding hydrogens is 287 g/mol. The van der Waals surface area contributed by atoms with Crippen LogP contribution in [0.4, 0.5) is 0 Å². The molecule has 1 aliphatic heterocycles. The van der Waals surface area contributed by atoms with E-state index in [-0.39, 0.29) is 37.0 Å². The number of ether oxygens (including phenoxy) is 2. The van der Waals surface area contributed by atoms with Gasteiger partial charge in [0.25, 0.3) is 0 Å². The van der Waals surface area contributed by atoms with Crippen LogP contribution in [0.5, 0.6) is 0 Å². The summed E-state index contributed by atoms with van der Waals surface area (Å²) in [4.78, 5) is 4.00. The van der Waals surface area contributed by atoms with Crippen molar-refractivity contribution in [1.29, 1.82) is 0 Å². The van der Waals surface area contributed by atoms with Gasteiger partial charge in [0.05, 0.1) is 25.4 Å². The molecule has 0 aromatic carbocycles. The van der Waals surface area contributed by atoms with Crippen LogP contribution < -0.4 is 5.32 Å². The summed E-state index contributed by atoms with van der Waals surface area (Å²) in [5, 5.41) is 3.49. The molecule has 0 radical (unpaired) electrons. The fraction of sp³-hybridized carbons (Fsp3) is 0.615. The van der Waals surface area contributed by atoms with Crippen molar-refractivity contribution >= 4 is 24.8 Å². The first-order valence-electron chi connectivity index (χ1n) is 6.29. The van der Waals surface area contributed by atoms with Crippen LogP contribution in [0.3, 0.4) is 0 Å². The summed E-state index contributed by atoms with van der Waals surface area (Å²) in [6.07, 6.45) is 6.33. The van der Waals surface area contributed by atoms with Crippen molar-refractivity contribution in [3.05, 3.63) is 30.1 Å². The Morgan fingerprint density at radius 3 is 2.84 bits per heavy atom. The number of halogens is 2. The summed E-state index contributed by atoms with van der Waals surface area (Å²) in [6.45, 7) is 2.42. The number of hydrogen-bond donors (Lipinski definition) is 1. The Kier molecular flexibility index (Phi) is 7.04. The molecule has 108 valence electrons. The second kappa shape index (κ2) is 8.02. The molecule has 2 heterocycles. The van der Waals surface area contributed by atoms with Crippen molar-refractivity contribution in [2.45, 2.75) is 37.7 Å².